The molecule has 0 saturated carbocycles. The molecule has 0 unspecified atom stereocenters. The van der Waals surface area contributed by atoms with Crippen molar-refractivity contribution in [3.05, 3.63) is 59.2 Å². The van der Waals surface area contributed by atoms with Crippen LogP contribution in [0.15, 0.2) is 47.5 Å². The van der Waals surface area contributed by atoms with E-state index in [1.807, 2.05) is 36.1 Å². The van der Waals surface area contributed by atoms with Crippen LogP contribution in [0.5, 0.6) is 11.5 Å². The Hall–Kier alpha value is -3.22. The van der Waals surface area contributed by atoms with Gasteiger partial charge in [0.1, 0.15) is 0 Å². The highest BCUT2D eigenvalue weighted by molar-refractivity contribution is 5.86. The highest BCUT2D eigenvalue weighted by Gasteiger charge is 2.20. The molecule has 1 aliphatic rings. The Morgan fingerprint density at radius 2 is 1.83 bits per heavy atom. The molecule has 2 aromatic rings. The predicted molar refractivity (Wildman–Crippen MR) is 118 cm³/mol. The second kappa shape index (κ2) is 10.5. The topological polar surface area (TPSA) is 75.2 Å². The van der Waals surface area contributed by atoms with Crippen molar-refractivity contribution in [1.29, 1.82) is 0 Å². The van der Waals surface area contributed by atoms with Crippen molar-refractivity contribution >= 4 is 11.9 Å². The molecule has 2 aromatic carbocycles. The summed E-state index contributed by atoms with van der Waals surface area (Å²) in [5, 5.41) is 6.35. The third kappa shape index (κ3) is 5.43. The zero-order valence-electron chi connectivity index (χ0n) is 17.9. The molecule has 0 atom stereocenters. The van der Waals surface area contributed by atoms with E-state index in [0.717, 1.165) is 18.5 Å². The number of guanidine groups is 1. The lowest BCUT2D eigenvalue weighted by atomic mass is 10.00. The highest BCUT2D eigenvalue weighted by Crippen LogP contribution is 2.27. The quantitative estimate of drug-likeness (QED) is 0.541. The van der Waals surface area contributed by atoms with Gasteiger partial charge in [-0.05, 0) is 42.2 Å². The van der Waals surface area contributed by atoms with E-state index in [-0.39, 0.29) is 12.5 Å². The van der Waals surface area contributed by atoms with E-state index in [1.165, 1.54) is 11.1 Å². The Labute approximate surface area is 178 Å². The summed E-state index contributed by atoms with van der Waals surface area (Å²) in [6.07, 6.45) is 0.898. The van der Waals surface area contributed by atoms with Crippen molar-refractivity contribution in [2.24, 2.45) is 4.99 Å². The summed E-state index contributed by atoms with van der Waals surface area (Å²) in [5.74, 6) is 2.03. The van der Waals surface area contributed by atoms with Gasteiger partial charge in [-0.15, -0.1) is 0 Å². The van der Waals surface area contributed by atoms with E-state index in [4.69, 9.17) is 9.47 Å². The minimum atomic E-state index is 0.0706. The van der Waals surface area contributed by atoms with Gasteiger partial charge >= 0.3 is 0 Å². The number of hydrogen-bond donors (Lipinski definition) is 2. The molecule has 7 heteroatoms. The third-order valence-electron chi connectivity index (χ3n) is 5.10. The molecular formula is C23H30N4O3. The summed E-state index contributed by atoms with van der Waals surface area (Å²) in [6.45, 7) is 4.79. The second-order valence-corrected chi connectivity index (χ2v) is 7.07. The second-order valence-electron chi connectivity index (χ2n) is 7.07. The molecule has 0 radical (unpaired) electrons. The summed E-state index contributed by atoms with van der Waals surface area (Å²) in [4.78, 5) is 19.2. The van der Waals surface area contributed by atoms with Crippen molar-refractivity contribution in [3.63, 3.8) is 0 Å². The first-order valence-corrected chi connectivity index (χ1v) is 10.2. The average molecular weight is 411 g/mol. The molecule has 1 aliphatic heterocycles. The molecule has 0 spiro atoms. The van der Waals surface area contributed by atoms with Crippen LogP contribution >= 0.6 is 0 Å². The number of fused-ring (bicyclic) bond motifs is 1. The summed E-state index contributed by atoms with van der Waals surface area (Å²) >= 11 is 0. The van der Waals surface area contributed by atoms with Crippen molar-refractivity contribution in [3.8, 4) is 11.5 Å². The standard InChI is InChI=1S/C23H30N4O3/c1-4-24-23(25-14-17-9-10-20(29-2)21(13-17)30-3)26-15-22(28)27-12-11-18-7-5-6-8-19(18)16-27/h5-10,13H,4,11-12,14-16H2,1-3H3,(H2,24,25,26). The monoisotopic (exact) mass is 410 g/mol. The maximum atomic E-state index is 12.7. The molecule has 0 fully saturated rings. The van der Waals surface area contributed by atoms with Crippen molar-refractivity contribution < 1.29 is 14.3 Å². The van der Waals surface area contributed by atoms with Crippen LogP contribution in [-0.4, -0.2) is 50.6 Å². The number of methoxy groups -OCH3 is 2. The smallest absolute Gasteiger partial charge is 0.242 e. The Bertz CT molecular complexity index is 898. The number of aliphatic imine (C=N–C) groups is 1. The zero-order chi connectivity index (χ0) is 21.3. The van der Waals surface area contributed by atoms with Crippen LogP contribution in [0.4, 0.5) is 0 Å². The molecule has 1 amide bonds. The van der Waals surface area contributed by atoms with E-state index in [9.17, 15) is 4.79 Å². The fourth-order valence-corrected chi connectivity index (χ4v) is 3.47. The van der Waals surface area contributed by atoms with E-state index in [1.54, 1.807) is 14.2 Å². The lowest BCUT2D eigenvalue weighted by Crippen LogP contribution is -2.45. The Kier molecular flexibility index (Phi) is 7.54. The van der Waals surface area contributed by atoms with Gasteiger partial charge in [-0.3, -0.25) is 4.79 Å². The summed E-state index contributed by atoms with van der Waals surface area (Å²) in [5.41, 5.74) is 3.55. The highest BCUT2D eigenvalue weighted by atomic mass is 16.5. The Balaban J connectivity index is 1.58. The first-order chi connectivity index (χ1) is 14.6. The first-order valence-electron chi connectivity index (χ1n) is 10.2. The van der Waals surface area contributed by atoms with Crippen LogP contribution in [0.25, 0.3) is 0 Å². The van der Waals surface area contributed by atoms with Crippen LogP contribution in [0.1, 0.15) is 23.6 Å². The molecule has 1 heterocycles. The fraction of sp³-hybridized carbons (Fsp3) is 0.391. The van der Waals surface area contributed by atoms with Crippen molar-refractivity contribution in [2.75, 3.05) is 33.9 Å². The number of amides is 1. The van der Waals surface area contributed by atoms with Crippen molar-refractivity contribution in [1.82, 2.24) is 15.5 Å². The van der Waals surface area contributed by atoms with Crippen LogP contribution in [0, 0.1) is 0 Å². The van der Waals surface area contributed by atoms with Gasteiger partial charge in [-0.25, -0.2) is 4.99 Å². The molecular weight excluding hydrogens is 380 g/mol. The molecule has 0 saturated heterocycles. The molecule has 30 heavy (non-hydrogen) atoms. The number of hydrogen-bond acceptors (Lipinski definition) is 4. The molecule has 0 aliphatic carbocycles. The fourth-order valence-electron chi connectivity index (χ4n) is 3.47. The largest absolute Gasteiger partial charge is 0.493 e. The lowest BCUT2D eigenvalue weighted by Gasteiger charge is -2.29. The molecule has 2 N–H and O–H groups in total. The average Bonchev–Trinajstić information content (AvgIpc) is 2.80. The summed E-state index contributed by atoms with van der Waals surface area (Å²) in [6, 6.07) is 14.0. The van der Waals surface area contributed by atoms with Crippen LogP contribution < -0.4 is 20.1 Å². The lowest BCUT2D eigenvalue weighted by molar-refractivity contribution is -0.130. The van der Waals surface area contributed by atoms with E-state index in [0.29, 0.717) is 37.1 Å². The molecule has 160 valence electrons. The number of nitrogens with one attached hydrogen (secondary N) is 2. The van der Waals surface area contributed by atoms with Gasteiger partial charge in [0.25, 0.3) is 0 Å². The number of carbonyl (C=O) groups is 1. The predicted octanol–water partition coefficient (Wildman–Crippen LogP) is 2.34. The van der Waals surface area contributed by atoms with Crippen molar-refractivity contribution in [2.45, 2.75) is 26.4 Å². The van der Waals surface area contributed by atoms with E-state index < -0.39 is 0 Å². The molecule has 0 bridgehead atoms. The van der Waals surface area contributed by atoms with Crippen LogP contribution in [0.2, 0.25) is 0 Å². The Morgan fingerprint density at radius 3 is 2.57 bits per heavy atom. The SMILES string of the molecule is CCNC(=NCc1ccc(OC)c(OC)c1)NCC(=O)N1CCc2ccccc2C1. The number of nitrogens with zero attached hydrogens (tertiary/aromatic N) is 2. The van der Waals surface area contributed by atoms with E-state index >= 15 is 0 Å². The van der Waals surface area contributed by atoms with Gasteiger partial charge in [-0.1, -0.05) is 30.3 Å². The maximum absolute atomic E-state index is 12.7. The molecule has 7 nitrogen and oxygen atoms in total. The van der Waals surface area contributed by atoms with Gasteiger partial charge in [-0.2, -0.15) is 0 Å². The number of rotatable bonds is 7. The minimum absolute atomic E-state index is 0.0706. The van der Waals surface area contributed by atoms with Gasteiger partial charge in [0, 0.05) is 19.6 Å². The Morgan fingerprint density at radius 1 is 1.07 bits per heavy atom. The molecule has 0 aromatic heterocycles. The minimum Gasteiger partial charge on any atom is -0.493 e. The number of carbonyl (C=O) groups excluding carboxylic acids is 1. The first kappa shape index (κ1) is 21.5. The number of benzene rings is 2. The van der Waals surface area contributed by atoms with Gasteiger partial charge in [0.2, 0.25) is 5.91 Å². The maximum Gasteiger partial charge on any atom is 0.242 e. The van der Waals surface area contributed by atoms with Crippen LogP contribution in [0.3, 0.4) is 0 Å². The van der Waals surface area contributed by atoms with Gasteiger partial charge in [0.05, 0.1) is 27.3 Å². The van der Waals surface area contributed by atoms with Gasteiger partial charge in [0.15, 0.2) is 17.5 Å². The summed E-state index contributed by atoms with van der Waals surface area (Å²) in [7, 11) is 3.22. The van der Waals surface area contributed by atoms with Gasteiger partial charge < -0.3 is 25.0 Å². The van der Waals surface area contributed by atoms with E-state index in [2.05, 4.69) is 33.8 Å². The zero-order valence-corrected chi connectivity index (χ0v) is 17.9. The van der Waals surface area contributed by atoms with Crippen LogP contribution in [-0.2, 0) is 24.3 Å². The molecule has 3 rings (SSSR count). The normalized spacial score (nSPS) is 13.4. The summed E-state index contributed by atoms with van der Waals surface area (Å²) < 4.78 is 10.6. The third-order valence-corrected chi connectivity index (χ3v) is 5.10. The number of ether oxygens (including phenoxy) is 2.